The van der Waals surface area contributed by atoms with E-state index in [1.165, 1.54) is 0 Å². The molecule has 0 saturated carbocycles. The van der Waals surface area contributed by atoms with Crippen LogP contribution in [0.4, 0.5) is 0 Å². The molecule has 0 aliphatic carbocycles. The predicted molar refractivity (Wildman–Crippen MR) is 51.0 cm³/mol. The van der Waals surface area contributed by atoms with Crippen LogP contribution in [0, 0.1) is 0 Å². The monoisotopic (exact) mass is 185 g/mol. The summed E-state index contributed by atoms with van der Waals surface area (Å²) in [7, 11) is 0. The predicted octanol–water partition coefficient (Wildman–Crippen LogP) is 1.67. The molecule has 0 N–H and O–H groups in total. The number of aromatic nitrogens is 2. The first kappa shape index (κ1) is 7.44. The van der Waals surface area contributed by atoms with Crippen LogP contribution >= 0.6 is 0 Å². The van der Waals surface area contributed by atoms with E-state index in [9.17, 15) is 0 Å². The fourth-order valence-electron chi connectivity index (χ4n) is 1.57. The van der Waals surface area contributed by atoms with Crippen molar-refractivity contribution in [3.63, 3.8) is 0 Å². The van der Waals surface area contributed by atoms with Gasteiger partial charge in [-0.15, -0.1) is 0 Å². The van der Waals surface area contributed by atoms with Crippen LogP contribution < -0.4 is 0 Å². The van der Waals surface area contributed by atoms with E-state index in [4.69, 9.17) is 4.42 Å². The second kappa shape index (κ2) is 2.77. The first-order chi connectivity index (χ1) is 6.95. The SMILES string of the molecule is C1=NCc2c1cnnc2-c1ccoc1. The number of hydrogen-bond acceptors (Lipinski definition) is 4. The van der Waals surface area contributed by atoms with Gasteiger partial charge in [-0.2, -0.15) is 10.2 Å². The summed E-state index contributed by atoms with van der Waals surface area (Å²) >= 11 is 0. The third-order valence-electron chi connectivity index (χ3n) is 2.26. The number of furan rings is 1. The molecule has 0 aromatic carbocycles. The van der Waals surface area contributed by atoms with E-state index in [0.29, 0.717) is 6.54 Å². The highest BCUT2D eigenvalue weighted by Crippen LogP contribution is 2.25. The molecule has 1 aliphatic rings. The Bertz CT molecular complexity index is 488. The van der Waals surface area contributed by atoms with Crippen LogP contribution in [0.3, 0.4) is 0 Å². The van der Waals surface area contributed by atoms with Crippen molar-refractivity contribution in [2.75, 3.05) is 0 Å². The standard InChI is InChI=1S/C10H7N3O/c1-2-14-6-7(1)10-9-5-11-3-8(9)4-12-13-10/h1-4,6H,5H2. The zero-order valence-corrected chi connectivity index (χ0v) is 7.34. The van der Waals surface area contributed by atoms with Crippen LogP contribution in [0.2, 0.25) is 0 Å². The van der Waals surface area contributed by atoms with Gasteiger partial charge in [0.05, 0.1) is 25.3 Å². The number of fused-ring (bicyclic) bond motifs is 1. The van der Waals surface area contributed by atoms with Gasteiger partial charge in [0.1, 0.15) is 5.69 Å². The highest BCUT2D eigenvalue weighted by Gasteiger charge is 2.14. The van der Waals surface area contributed by atoms with Crippen LogP contribution in [-0.2, 0) is 6.54 Å². The first-order valence-corrected chi connectivity index (χ1v) is 4.32. The van der Waals surface area contributed by atoms with E-state index < -0.39 is 0 Å². The Labute approximate surface area is 80.3 Å². The average Bonchev–Trinajstić information content (AvgIpc) is 2.88. The number of aliphatic imine (C=N–C) groups is 1. The van der Waals surface area contributed by atoms with Gasteiger partial charge in [-0.25, -0.2) is 0 Å². The fraction of sp³-hybridized carbons (Fsp3) is 0.100. The van der Waals surface area contributed by atoms with Gasteiger partial charge in [-0.1, -0.05) is 0 Å². The molecule has 0 unspecified atom stereocenters. The lowest BCUT2D eigenvalue weighted by Crippen LogP contribution is -1.95. The lowest BCUT2D eigenvalue weighted by atomic mass is 10.1. The molecule has 0 amide bonds. The van der Waals surface area contributed by atoms with Gasteiger partial charge < -0.3 is 4.42 Å². The Morgan fingerprint density at radius 3 is 3.21 bits per heavy atom. The molecule has 4 nitrogen and oxygen atoms in total. The molecule has 0 bridgehead atoms. The Balaban J connectivity index is 2.22. The quantitative estimate of drug-likeness (QED) is 0.679. The van der Waals surface area contributed by atoms with Crippen molar-refractivity contribution in [2.45, 2.75) is 6.54 Å². The molecule has 14 heavy (non-hydrogen) atoms. The highest BCUT2D eigenvalue weighted by atomic mass is 16.3. The normalized spacial score (nSPS) is 13.1. The Morgan fingerprint density at radius 2 is 2.36 bits per heavy atom. The summed E-state index contributed by atoms with van der Waals surface area (Å²) in [5, 5.41) is 8.03. The summed E-state index contributed by atoms with van der Waals surface area (Å²) in [4.78, 5) is 4.19. The van der Waals surface area contributed by atoms with Crippen molar-refractivity contribution in [3.8, 4) is 11.3 Å². The minimum atomic E-state index is 0.686. The first-order valence-electron chi connectivity index (χ1n) is 4.32. The summed E-state index contributed by atoms with van der Waals surface area (Å²) in [5.74, 6) is 0. The molecule has 1 aliphatic heterocycles. The van der Waals surface area contributed by atoms with Crippen molar-refractivity contribution in [3.05, 3.63) is 35.9 Å². The minimum Gasteiger partial charge on any atom is -0.472 e. The average molecular weight is 185 g/mol. The third kappa shape index (κ3) is 0.970. The van der Waals surface area contributed by atoms with Gasteiger partial charge >= 0.3 is 0 Å². The lowest BCUT2D eigenvalue weighted by molar-refractivity contribution is 0.568. The Kier molecular flexibility index (Phi) is 1.47. The van der Waals surface area contributed by atoms with Gasteiger partial charge in [-0.05, 0) is 6.07 Å². The van der Waals surface area contributed by atoms with Crippen LogP contribution in [-0.4, -0.2) is 16.4 Å². The molecule has 3 heterocycles. The lowest BCUT2D eigenvalue weighted by Gasteiger charge is -2.01. The molecule has 0 fully saturated rings. The van der Waals surface area contributed by atoms with Gasteiger partial charge in [0, 0.05) is 22.9 Å². The topological polar surface area (TPSA) is 51.3 Å². The molecule has 0 spiro atoms. The van der Waals surface area contributed by atoms with Gasteiger partial charge in [0.2, 0.25) is 0 Å². The summed E-state index contributed by atoms with van der Waals surface area (Å²) in [6.45, 7) is 0.686. The maximum Gasteiger partial charge on any atom is 0.102 e. The van der Waals surface area contributed by atoms with Crippen LogP contribution in [0.1, 0.15) is 11.1 Å². The fourth-order valence-corrected chi connectivity index (χ4v) is 1.57. The van der Waals surface area contributed by atoms with Crippen molar-refractivity contribution < 1.29 is 4.42 Å². The summed E-state index contributed by atoms with van der Waals surface area (Å²) < 4.78 is 5.02. The molecule has 3 rings (SSSR count). The molecular formula is C10H7N3O. The molecule has 0 radical (unpaired) electrons. The third-order valence-corrected chi connectivity index (χ3v) is 2.26. The van der Waals surface area contributed by atoms with Crippen molar-refractivity contribution in [1.29, 1.82) is 0 Å². The van der Waals surface area contributed by atoms with Crippen LogP contribution in [0.25, 0.3) is 11.3 Å². The minimum absolute atomic E-state index is 0.686. The van der Waals surface area contributed by atoms with E-state index in [-0.39, 0.29) is 0 Å². The van der Waals surface area contributed by atoms with Crippen molar-refractivity contribution >= 4 is 6.21 Å². The second-order valence-electron chi connectivity index (χ2n) is 3.11. The van der Waals surface area contributed by atoms with E-state index in [0.717, 1.165) is 22.4 Å². The number of nitrogens with zero attached hydrogens (tertiary/aromatic N) is 3. The zero-order chi connectivity index (χ0) is 9.38. The largest absolute Gasteiger partial charge is 0.472 e. The molecule has 4 heteroatoms. The smallest absolute Gasteiger partial charge is 0.102 e. The van der Waals surface area contributed by atoms with Gasteiger partial charge in [0.15, 0.2) is 0 Å². The van der Waals surface area contributed by atoms with E-state index in [1.54, 1.807) is 18.7 Å². The molecular weight excluding hydrogens is 178 g/mol. The molecule has 2 aromatic heterocycles. The second-order valence-corrected chi connectivity index (χ2v) is 3.11. The highest BCUT2D eigenvalue weighted by molar-refractivity contribution is 5.87. The number of rotatable bonds is 1. The van der Waals surface area contributed by atoms with E-state index in [1.807, 2.05) is 12.3 Å². The summed E-state index contributed by atoms with van der Waals surface area (Å²) in [5.41, 5.74) is 4.01. The molecule has 0 saturated heterocycles. The Morgan fingerprint density at radius 1 is 1.36 bits per heavy atom. The maximum atomic E-state index is 5.02. The molecule has 68 valence electrons. The van der Waals surface area contributed by atoms with Gasteiger partial charge in [0.25, 0.3) is 0 Å². The van der Waals surface area contributed by atoms with Crippen LogP contribution in [0.15, 0.2) is 34.2 Å². The van der Waals surface area contributed by atoms with E-state index >= 15 is 0 Å². The summed E-state index contributed by atoms with van der Waals surface area (Å²) in [6, 6.07) is 1.88. The van der Waals surface area contributed by atoms with Crippen molar-refractivity contribution in [2.24, 2.45) is 4.99 Å². The van der Waals surface area contributed by atoms with Gasteiger partial charge in [-0.3, -0.25) is 4.99 Å². The van der Waals surface area contributed by atoms with Crippen molar-refractivity contribution in [1.82, 2.24) is 10.2 Å². The van der Waals surface area contributed by atoms with E-state index in [2.05, 4.69) is 15.2 Å². The molecule has 2 aromatic rings. The maximum absolute atomic E-state index is 5.02. The van der Waals surface area contributed by atoms with Crippen LogP contribution in [0.5, 0.6) is 0 Å². The number of hydrogen-bond donors (Lipinski definition) is 0. The summed E-state index contributed by atoms with van der Waals surface area (Å²) in [6.07, 6.45) is 6.86. The zero-order valence-electron chi connectivity index (χ0n) is 7.34. The molecule has 0 atom stereocenters. The Hall–Kier alpha value is -1.97.